The molecular formula is C14H20BrClN2O2. The lowest BCUT2D eigenvalue weighted by Crippen LogP contribution is -2.26. The monoisotopic (exact) mass is 362 g/mol. The van der Waals surface area contributed by atoms with Crippen molar-refractivity contribution in [2.24, 2.45) is 5.92 Å². The van der Waals surface area contributed by atoms with Gasteiger partial charge in [0.25, 0.3) is 5.91 Å². The molecule has 0 radical (unpaired) electrons. The van der Waals surface area contributed by atoms with E-state index in [1.54, 1.807) is 13.2 Å². The molecule has 4 nitrogen and oxygen atoms in total. The maximum atomic E-state index is 12.1. The number of ether oxygens (including phenoxy) is 1. The van der Waals surface area contributed by atoms with Crippen LogP contribution in [0.25, 0.3) is 0 Å². The number of hydrogen-bond donors (Lipinski definition) is 2. The summed E-state index contributed by atoms with van der Waals surface area (Å²) in [5, 5.41) is 6.30. The van der Waals surface area contributed by atoms with Crippen LogP contribution in [0.2, 0.25) is 0 Å². The number of amides is 1. The fourth-order valence-corrected chi connectivity index (χ4v) is 2.68. The highest BCUT2D eigenvalue weighted by Gasteiger charge is 2.15. The van der Waals surface area contributed by atoms with Crippen molar-refractivity contribution in [2.45, 2.75) is 12.8 Å². The van der Waals surface area contributed by atoms with E-state index in [1.807, 2.05) is 12.1 Å². The molecule has 1 aromatic carbocycles. The lowest BCUT2D eigenvalue weighted by molar-refractivity contribution is 0.0950. The molecule has 20 heavy (non-hydrogen) atoms. The molecule has 0 spiro atoms. The molecule has 112 valence electrons. The van der Waals surface area contributed by atoms with Crippen LogP contribution in [-0.4, -0.2) is 32.7 Å². The maximum absolute atomic E-state index is 12.1. The Bertz CT molecular complexity index is 451. The predicted octanol–water partition coefficient (Wildman–Crippen LogP) is 2.61. The molecule has 0 aromatic heterocycles. The van der Waals surface area contributed by atoms with Gasteiger partial charge in [0.2, 0.25) is 0 Å². The van der Waals surface area contributed by atoms with Gasteiger partial charge in [-0.15, -0.1) is 12.4 Å². The molecular weight excluding hydrogens is 344 g/mol. The van der Waals surface area contributed by atoms with Crippen LogP contribution in [0.3, 0.4) is 0 Å². The van der Waals surface area contributed by atoms with Gasteiger partial charge in [-0.1, -0.05) is 0 Å². The van der Waals surface area contributed by atoms with Crippen molar-refractivity contribution >= 4 is 34.2 Å². The van der Waals surface area contributed by atoms with E-state index in [2.05, 4.69) is 26.6 Å². The Morgan fingerprint density at radius 2 is 2.35 bits per heavy atom. The van der Waals surface area contributed by atoms with E-state index in [4.69, 9.17) is 4.74 Å². The molecule has 1 aliphatic rings. The minimum atomic E-state index is -0.0586. The van der Waals surface area contributed by atoms with Gasteiger partial charge in [0.1, 0.15) is 5.75 Å². The topological polar surface area (TPSA) is 50.4 Å². The van der Waals surface area contributed by atoms with Crippen molar-refractivity contribution in [1.29, 1.82) is 0 Å². The first-order valence-corrected chi connectivity index (χ1v) is 7.32. The molecule has 0 aliphatic carbocycles. The largest absolute Gasteiger partial charge is 0.497 e. The predicted molar refractivity (Wildman–Crippen MR) is 85.9 cm³/mol. The highest BCUT2D eigenvalue weighted by molar-refractivity contribution is 9.10. The summed E-state index contributed by atoms with van der Waals surface area (Å²) in [7, 11) is 1.60. The number of hydrogen-bond acceptors (Lipinski definition) is 3. The summed E-state index contributed by atoms with van der Waals surface area (Å²) in [5.41, 5.74) is 0.615. The van der Waals surface area contributed by atoms with Crippen LogP contribution in [0, 0.1) is 5.92 Å². The summed E-state index contributed by atoms with van der Waals surface area (Å²) in [5.74, 6) is 1.32. The van der Waals surface area contributed by atoms with Crippen molar-refractivity contribution in [3.8, 4) is 5.75 Å². The van der Waals surface area contributed by atoms with Crippen LogP contribution < -0.4 is 15.4 Å². The van der Waals surface area contributed by atoms with Crippen LogP contribution in [0.1, 0.15) is 23.2 Å². The Labute approximate surface area is 134 Å². The lowest BCUT2D eigenvalue weighted by Gasteiger charge is -2.11. The van der Waals surface area contributed by atoms with Gasteiger partial charge in [-0.2, -0.15) is 0 Å². The summed E-state index contributed by atoms with van der Waals surface area (Å²) in [4.78, 5) is 12.1. The molecule has 2 N–H and O–H groups in total. The molecule has 1 amide bonds. The van der Waals surface area contributed by atoms with E-state index in [-0.39, 0.29) is 18.3 Å². The van der Waals surface area contributed by atoms with Gasteiger partial charge < -0.3 is 15.4 Å². The minimum absolute atomic E-state index is 0. The lowest BCUT2D eigenvalue weighted by atomic mass is 10.1. The van der Waals surface area contributed by atoms with E-state index in [0.717, 1.165) is 30.5 Å². The molecule has 1 unspecified atom stereocenters. The van der Waals surface area contributed by atoms with Crippen molar-refractivity contribution < 1.29 is 9.53 Å². The zero-order chi connectivity index (χ0) is 13.7. The zero-order valence-electron chi connectivity index (χ0n) is 11.4. The summed E-state index contributed by atoms with van der Waals surface area (Å²) in [6.45, 7) is 2.88. The number of halogens is 2. The van der Waals surface area contributed by atoms with Gasteiger partial charge in [-0.05, 0) is 66.0 Å². The van der Waals surface area contributed by atoms with E-state index in [9.17, 15) is 4.79 Å². The van der Waals surface area contributed by atoms with Gasteiger partial charge in [0.15, 0.2) is 0 Å². The molecule has 1 aromatic rings. The number of nitrogens with one attached hydrogen (secondary N) is 2. The molecule has 1 heterocycles. The van der Waals surface area contributed by atoms with E-state index >= 15 is 0 Å². The van der Waals surface area contributed by atoms with Crippen LogP contribution in [0.4, 0.5) is 0 Å². The Hall–Kier alpha value is -0.780. The SMILES string of the molecule is COc1ccc(Br)c(C(=O)NCCC2CCNC2)c1.Cl. The van der Waals surface area contributed by atoms with E-state index in [0.29, 0.717) is 17.2 Å². The fraction of sp³-hybridized carbons (Fsp3) is 0.500. The second kappa shape index (κ2) is 8.49. The first-order valence-electron chi connectivity index (χ1n) is 6.53. The standard InChI is InChI=1S/C14H19BrN2O2.ClH/c1-19-11-2-3-13(15)12(8-11)14(18)17-7-5-10-4-6-16-9-10;/h2-3,8,10,16H,4-7,9H2,1H3,(H,17,18);1H. The molecule has 1 atom stereocenters. The van der Waals surface area contributed by atoms with Crippen molar-refractivity contribution in [2.75, 3.05) is 26.7 Å². The Kier molecular flexibility index (Phi) is 7.34. The van der Waals surface area contributed by atoms with Crippen molar-refractivity contribution in [1.82, 2.24) is 10.6 Å². The molecule has 1 aliphatic heterocycles. The smallest absolute Gasteiger partial charge is 0.252 e. The molecule has 1 saturated heterocycles. The summed E-state index contributed by atoms with van der Waals surface area (Å²) in [6.07, 6.45) is 2.24. The van der Waals surface area contributed by atoms with Gasteiger partial charge in [0.05, 0.1) is 12.7 Å². The zero-order valence-corrected chi connectivity index (χ0v) is 13.9. The molecule has 2 rings (SSSR count). The van der Waals surface area contributed by atoms with Crippen molar-refractivity contribution in [3.63, 3.8) is 0 Å². The third-order valence-electron chi connectivity index (χ3n) is 3.42. The number of carbonyl (C=O) groups is 1. The first-order chi connectivity index (χ1) is 9.20. The van der Waals surface area contributed by atoms with E-state index < -0.39 is 0 Å². The van der Waals surface area contributed by atoms with Crippen molar-refractivity contribution in [3.05, 3.63) is 28.2 Å². The summed E-state index contributed by atoms with van der Waals surface area (Å²) < 4.78 is 5.92. The number of carbonyl (C=O) groups excluding carboxylic acids is 1. The molecule has 0 bridgehead atoms. The van der Waals surface area contributed by atoms with Crippen LogP contribution in [0.5, 0.6) is 5.75 Å². The first kappa shape index (κ1) is 17.3. The van der Waals surface area contributed by atoms with Gasteiger partial charge in [-0.3, -0.25) is 4.79 Å². The minimum Gasteiger partial charge on any atom is -0.497 e. The quantitative estimate of drug-likeness (QED) is 0.845. The van der Waals surface area contributed by atoms with Crippen LogP contribution in [0.15, 0.2) is 22.7 Å². The number of methoxy groups -OCH3 is 1. The molecule has 6 heteroatoms. The average molecular weight is 364 g/mol. The highest BCUT2D eigenvalue weighted by Crippen LogP contribution is 2.22. The highest BCUT2D eigenvalue weighted by atomic mass is 79.9. The Balaban J connectivity index is 0.00000200. The van der Waals surface area contributed by atoms with Crippen LogP contribution in [-0.2, 0) is 0 Å². The number of rotatable bonds is 5. The third-order valence-corrected chi connectivity index (χ3v) is 4.11. The summed E-state index contributed by atoms with van der Waals surface area (Å²) in [6, 6.07) is 5.40. The Morgan fingerprint density at radius 3 is 3.00 bits per heavy atom. The second-order valence-corrected chi connectivity index (χ2v) is 5.60. The second-order valence-electron chi connectivity index (χ2n) is 4.75. The van der Waals surface area contributed by atoms with Crippen LogP contribution >= 0.6 is 28.3 Å². The summed E-state index contributed by atoms with van der Waals surface area (Å²) >= 11 is 3.39. The third kappa shape index (κ3) is 4.65. The normalized spacial score (nSPS) is 17.4. The Morgan fingerprint density at radius 1 is 1.55 bits per heavy atom. The number of benzene rings is 1. The van der Waals surface area contributed by atoms with Gasteiger partial charge in [-0.25, -0.2) is 0 Å². The average Bonchev–Trinajstić information content (AvgIpc) is 2.92. The molecule has 1 fully saturated rings. The molecule has 0 saturated carbocycles. The fourth-order valence-electron chi connectivity index (χ4n) is 2.25. The van der Waals surface area contributed by atoms with Gasteiger partial charge in [0, 0.05) is 11.0 Å². The van der Waals surface area contributed by atoms with E-state index in [1.165, 1.54) is 6.42 Å². The maximum Gasteiger partial charge on any atom is 0.252 e. The van der Waals surface area contributed by atoms with Gasteiger partial charge >= 0.3 is 0 Å².